The van der Waals surface area contributed by atoms with Gasteiger partial charge in [-0.2, -0.15) is 11.8 Å². The van der Waals surface area contributed by atoms with Crippen molar-refractivity contribution in [2.24, 2.45) is 0 Å². The molecule has 0 aromatic heterocycles. The summed E-state index contributed by atoms with van der Waals surface area (Å²) in [7, 11) is 0. The maximum Gasteiger partial charge on any atom is 0.00234 e. The average Bonchev–Trinajstić information content (AvgIpc) is 2.28. The zero-order valence-electron chi connectivity index (χ0n) is 10.0. The predicted octanol–water partition coefficient (Wildman–Crippen LogP) is 3.06. The van der Waals surface area contributed by atoms with Gasteiger partial charge in [0.15, 0.2) is 0 Å². The maximum atomic E-state index is 3.57. The second kappa shape index (κ2) is 6.31. The summed E-state index contributed by atoms with van der Waals surface area (Å²) in [5.74, 6) is 3.32. The van der Waals surface area contributed by atoms with E-state index in [2.05, 4.69) is 36.5 Å². The second-order valence-electron chi connectivity index (χ2n) is 4.35. The van der Waals surface area contributed by atoms with Gasteiger partial charge < -0.3 is 5.32 Å². The molecule has 0 fully saturated rings. The van der Waals surface area contributed by atoms with Gasteiger partial charge in [-0.3, -0.25) is 0 Å². The molecule has 2 heteroatoms. The van der Waals surface area contributed by atoms with E-state index in [9.17, 15) is 0 Å². The maximum absolute atomic E-state index is 3.57. The fraction of sp³-hybridized carbons (Fsp3) is 0.571. The minimum Gasteiger partial charge on any atom is -0.316 e. The van der Waals surface area contributed by atoms with E-state index >= 15 is 0 Å². The third kappa shape index (κ3) is 3.02. The first kappa shape index (κ1) is 12.0. The summed E-state index contributed by atoms with van der Waals surface area (Å²) in [4.78, 5) is 0. The molecular formula is C14H21NS. The lowest BCUT2D eigenvalue weighted by molar-refractivity contribution is 0.535. The van der Waals surface area contributed by atoms with Crippen LogP contribution >= 0.6 is 11.8 Å². The van der Waals surface area contributed by atoms with Crippen LogP contribution in [0.2, 0.25) is 0 Å². The molecule has 0 saturated heterocycles. The van der Waals surface area contributed by atoms with E-state index in [1.54, 1.807) is 11.1 Å². The summed E-state index contributed by atoms with van der Waals surface area (Å²) in [5.41, 5.74) is 3.12. The van der Waals surface area contributed by atoms with Crippen molar-refractivity contribution >= 4 is 11.8 Å². The summed E-state index contributed by atoms with van der Waals surface area (Å²) in [6.07, 6.45) is 2.57. The van der Waals surface area contributed by atoms with Crippen molar-refractivity contribution in [1.82, 2.24) is 5.32 Å². The third-order valence-corrected chi connectivity index (χ3v) is 4.18. The van der Waals surface area contributed by atoms with Crippen molar-refractivity contribution in [1.29, 1.82) is 0 Å². The molecule has 0 saturated carbocycles. The summed E-state index contributed by atoms with van der Waals surface area (Å²) in [6, 6.07) is 8.83. The first-order valence-electron chi connectivity index (χ1n) is 6.28. The van der Waals surface area contributed by atoms with Crippen molar-refractivity contribution in [2.45, 2.75) is 25.7 Å². The van der Waals surface area contributed by atoms with Gasteiger partial charge in [-0.05, 0) is 42.0 Å². The monoisotopic (exact) mass is 235 g/mol. The Balaban J connectivity index is 1.59. The van der Waals surface area contributed by atoms with Gasteiger partial charge >= 0.3 is 0 Å². The molecule has 1 aromatic rings. The third-order valence-electron chi connectivity index (χ3n) is 3.20. The lowest BCUT2D eigenvalue weighted by Crippen LogP contribution is -2.29. The molecule has 0 amide bonds. The van der Waals surface area contributed by atoms with Crippen molar-refractivity contribution in [3.05, 3.63) is 35.4 Å². The number of thioether (sulfide) groups is 1. The molecule has 1 aliphatic carbocycles. The van der Waals surface area contributed by atoms with Crippen molar-refractivity contribution in [3.63, 3.8) is 0 Å². The molecule has 1 aromatic carbocycles. The van der Waals surface area contributed by atoms with E-state index in [1.165, 1.54) is 30.9 Å². The van der Waals surface area contributed by atoms with E-state index in [4.69, 9.17) is 0 Å². The Morgan fingerprint density at radius 2 is 2.25 bits per heavy atom. The van der Waals surface area contributed by atoms with Crippen LogP contribution in [0.3, 0.4) is 0 Å². The van der Waals surface area contributed by atoms with Gasteiger partial charge in [0.05, 0.1) is 0 Å². The quantitative estimate of drug-likeness (QED) is 0.729. The Bertz CT molecular complexity index is 324. The fourth-order valence-electron chi connectivity index (χ4n) is 2.26. The molecule has 1 N–H and O–H groups in total. The van der Waals surface area contributed by atoms with Crippen molar-refractivity contribution in [3.8, 4) is 0 Å². The lowest BCUT2D eigenvalue weighted by atomic mass is 9.77. The molecule has 1 unspecified atom stereocenters. The molecular weight excluding hydrogens is 214 g/mol. The topological polar surface area (TPSA) is 12.0 Å². The van der Waals surface area contributed by atoms with E-state index in [0.717, 1.165) is 12.5 Å². The Kier molecular flexibility index (Phi) is 4.73. The highest BCUT2D eigenvalue weighted by Crippen LogP contribution is 2.33. The summed E-state index contributed by atoms with van der Waals surface area (Å²) in [5, 5.41) is 3.57. The number of benzene rings is 1. The van der Waals surface area contributed by atoms with Gasteiger partial charge in [0.1, 0.15) is 0 Å². The van der Waals surface area contributed by atoms with Gasteiger partial charge in [-0.1, -0.05) is 31.2 Å². The normalized spacial score (nSPS) is 17.9. The van der Waals surface area contributed by atoms with Crippen LogP contribution in [0, 0.1) is 0 Å². The van der Waals surface area contributed by atoms with Gasteiger partial charge in [-0.15, -0.1) is 0 Å². The Morgan fingerprint density at radius 3 is 3.06 bits per heavy atom. The SMILES string of the molecule is CCSCCCNCC1Cc2ccccc21. The lowest BCUT2D eigenvalue weighted by Gasteiger charge is -2.30. The molecule has 1 nitrogen and oxygen atoms in total. The highest BCUT2D eigenvalue weighted by atomic mass is 32.2. The van der Waals surface area contributed by atoms with E-state index in [-0.39, 0.29) is 0 Å². The first-order chi connectivity index (χ1) is 7.92. The smallest absolute Gasteiger partial charge is 0.00234 e. The zero-order valence-corrected chi connectivity index (χ0v) is 10.9. The molecule has 1 aliphatic rings. The minimum atomic E-state index is 0.773. The molecule has 0 aliphatic heterocycles. The van der Waals surface area contributed by atoms with Crippen molar-refractivity contribution in [2.75, 3.05) is 24.6 Å². The molecule has 1 atom stereocenters. The highest BCUT2D eigenvalue weighted by molar-refractivity contribution is 7.99. The second-order valence-corrected chi connectivity index (χ2v) is 5.75. The van der Waals surface area contributed by atoms with Crippen LogP contribution < -0.4 is 5.32 Å². The molecule has 2 rings (SSSR count). The molecule has 88 valence electrons. The highest BCUT2D eigenvalue weighted by Gasteiger charge is 2.24. The number of nitrogens with one attached hydrogen (secondary N) is 1. The van der Waals surface area contributed by atoms with Crippen LogP contribution in [0.25, 0.3) is 0 Å². The van der Waals surface area contributed by atoms with Crippen LogP contribution in [-0.4, -0.2) is 24.6 Å². The molecule has 0 bridgehead atoms. The van der Waals surface area contributed by atoms with Crippen molar-refractivity contribution < 1.29 is 0 Å². The fourth-order valence-corrected chi connectivity index (χ4v) is 2.90. The van der Waals surface area contributed by atoms with Crippen LogP contribution in [0.4, 0.5) is 0 Å². The standard InChI is InChI=1S/C14H21NS/c1-2-16-9-5-8-15-11-13-10-12-6-3-4-7-14(12)13/h3-4,6-7,13,15H,2,5,8-11H2,1H3. The number of hydrogen-bond donors (Lipinski definition) is 1. The van der Waals surface area contributed by atoms with Gasteiger partial charge in [0.2, 0.25) is 0 Å². The first-order valence-corrected chi connectivity index (χ1v) is 7.43. The molecule has 16 heavy (non-hydrogen) atoms. The summed E-state index contributed by atoms with van der Waals surface area (Å²) >= 11 is 2.04. The predicted molar refractivity (Wildman–Crippen MR) is 73.4 cm³/mol. The van der Waals surface area contributed by atoms with Gasteiger partial charge in [0, 0.05) is 12.5 Å². The number of rotatable bonds is 7. The molecule has 0 heterocycles. The Morgan fingerprint density at radius 1 is 1.38 bits per heavy atom. The largest absolute Gasteiger partial charge is 0.316 e. The van der Waals surface area contributed by atoms with Gasteiger partial charge in [0.25, 0.3) is 0 Å². The van der Waals surface area contributed by atoms with Crippen LogP contribution in [0.5, 0.6) is 0 Å². The van der Waals surface area contributed by atoms with Gasteiger partial charge in [-0.25, -0.2) is 0 Å². The number of hydrogen-bond acceptors (Lipinski definition) is 2. The molecule has 0 spiro atoms. The molecule has 0 radical (unpaired) electrons. The number of fused-ring (bicyclic) bond motifs is 1. The van der Waals surface area contributed by atoms with Crippen LogP contribution in [0.1, 0.15) is 30.4 Å². The Labute approximate surface area is 103 Å². The van der Waals surface area contributed by atoms with E-state index in [1.807, 2.05) is 11.8 Å². The average molecular weight is 235 g/mol. The Hall–Kier alpha value is -0.470. The zero-order chi connectivity index (χ0) is 11.2. The summed E-state index contributed by atoms with van der Waals surface area (Å²) in [6.45, 7) is 4.56. The van der Waals surface area contributed by atoms with E-state index in [0.29, 0.717) is 0 Å². The van der Waals surface area contributed by atoms with Crippen LogP contribution in [-0.2, 0) is 6.42 Å². The van der Waals surface area contributed by atoms with Crippen LogP contribution in [0.15, 0.2) is 24.3 Å². The minimum absolute atomic E-state index is 0.773. The summed E-state index contributed by atoms with van der Waals surface area (Å²) < 4.78 is 0. The van der Waals surface area contributed by atoms with E-state index < -0.39 is 0 Å².